The van der Waals surface area contributed by atoms with E-state index in [1.54, 1.807) is 20.3 Å². The Hall–Kier alpha value is -2.73. The number of anilines is 1. The second kappa shape index (κ2) is 9.39. The van der Waals surface area contributed by atoms with E-state index in [4.69, 9.17) is 9.47 Å². The van der Waals surface area contributed by atoms with Crippen LogP contribution in [0.4, 0.5) is 10.5 Å². The first kappa shape index (κ1) is 20.5. The van der Waals surface area contributed by atoms with Crippen LogP contribution in [0.2, 0.25) is 0 Å². The van der Waals surface area contributed by atoms with Gasteiger partial charge in [-0.05, 0) is 48.4 Å². The summed E-state index contributed by atoms with van der Waals surface area (Å²) in [7, 11) is 3.22. The van der Waals surface area contributed by atoms with Crippen LogP contribution in [-0.2, 0) is 13.0 Å². The predicted molar refractivity (Wildman–Crippen MR) is 118 cm³/mol. The average Bonchev–Trinajstić information content (AvgIpc) is 2.79. The van der Waals surface area contributed by atoms with Crippen LogP contribution in [0.25, 0.3) is 0 Å². The molecule has 2 aliphatic rings. The molecule has 2 amide bonds. The number of methoxy groups -OCH3 is 2. The molecule has 1 atom stereocenters. The van der Waals surface area contributed by atoms with E-state index in [1.165, 1.54) is 17.5 Å². The van der Waals surface area contributed by atoms with Gasteiger partial charge in [0.1, 0.15) is 11.5 Å². The Morgan fingerprint density at radius 1 is 1.10 bits per heavy atom. The average molecular weight is 410 g/mol. The lowest BCUT2D eigenvalue weighted by Crippen LogP contribution is -2.46. The normalized spacial score (nSPS) is 19.1. The lowest BCUT2D eigenvalue weighted by molar-refractivity contribution is 0.140. The summed E-state index contributed by atoms with van der Waals surface area (Å²) in [6.45, 7) is 4.73. The Balaban J connectivity index is 1.35. The molecule has 2 aromatic rings. The van der Waals surface area contributed by atoms with Gasteiger partial charge in [-0.1, -0.05) is 24.3 Å². The van der Waals surface area contributed by atoms with Crippen molar-refractivity contribution in [1.29, 1.82) is 0 Å². The highest BCUT2D eigenvalue weighted by Gasteiger charge is 2.27. The molecule has 0 unspecified atom stereocenters. The fourth-order valence-electron chi connectivity index (χ4n) is 4.58. The molecule has 6 nitrogen and oxygen atoms in total. The van der Waals surface area contributed by atoms with Crippen LogP contribution in [0.15, 0.2) is 42.5 Å². The zero-order valence-electron chi connectivity index (χ0n) is 17.9. The summed E-state index contributed by atoms with van der Waals surface area (Å²) in [4.78, 5) is 17.4. The van der Waals surface area contributed by atoms with E-state index >= 15 is 0 Å². The van der Waals surface area contributed by atoms with E-state index in [9.17, 15) is 4.79 Å². The van der Waals surface area contributed by atoms with Crippen molar-refractivity contribution in [2.75, 3.05) is 45.7 Å². The largest absolute Gasteiger partial charge is 0.497 e. The number of benzene rings is 2. The van der Waals surface area contributed by atoms with E-state index in [-0.39, 0.29) is 6.03 Å². The molecule has 1 saturated heterocycles. The Morgan fingerprint density at radius 2 is 1.93 bits per heavy atom. The van der Waals surface area contributed by atoms with Gasteiger partial charge >= 0.3 is 6.03 Å². The van der Waals surface area contributed by atoms with Gasteiger partial charge in [0.05, 0.1) is 19.9 Å². The van der Waals surface area contributed by atoms with Gasteiger partial charge in [0.25, 0.3) is 0 Å². The van der Waals surface area contributed by atoms with Crippen LogP contribution in [-0.4, -0.2) is 56.2 Å². The number of carbonyl (C=O) groups excluding carboxylic acids is 1. The van der Waals surface area contributed by atoms with Crippen molar-refractivity contribution in [1.82, 2.24) is 9.80 Å². The molecule has 0 aliphatic carbocycles. The number of piperidine rings is 1. The van der Waals surface area contributed by atoms with Gasteiger partial charge in [-0.2, -0.15) is 0 Å². The molecule has 1 N–H and O–H groups in total. The zero-order valence-corrected chi connectivity index (χ0v) is 17.9. The number of rotatable bonds is 5. The van der Waals surface area contributed by atoms with Gasteiger partial charge in [0.15, 0.2) is 0 Å². The molecule has 4 rings (SSSR count). The third-order valence-electron chi connectivity index (χ3n) is 6.18. The standard InChI is InChI=1S/C24H31N3O3/c1-29-21-9-10-23(30-2)22(14-21)25-24(28)27-12-5-6-18(16-27)15-26-13-11-19-7-3-4-8-20(19)17-26/h3-4,7-10,14,18H,5-6,11-13,15-17H2,1-2H3,(H,25,28)/t18-/m1/s1. The number of carbonyl (C=O) groups is 1. The topological polar surface area (TPSA) is 54.0 Å². The van der Waals surface area contributed by atoms with Gasteiger partial charge in [0, 0.05) is 38.8 Å². The summed E-state index contributed by atoms with van der Waals surface area (Å²) in [5.41, 5.74) is 3.56. The maximum Gasteiger partial charge on any atom is 0.321 e. The Morgan fingerprint density at radius 3 is 2.73 bits per heavy atom. The number of hydrogen-bond acceptors (Lipinski definition) is 4. The number of nitrogens with zero attached hydrogens (tertiary/aromatic N) is 2. The number of fused-ring (bicyclic) bond motifs is 1. The van der Waals surface area contributed by atoms with Crippen molar-refractivity contribution in [3.8, 4) is 11.5 Å². The van der Waals surface area contributed by atoms with Crippen molar-refractivity contribution >= 4 is 11.7 Å². The molecule has 0 radical (unpaired) electrons. The maximum atomic E-state index is 12.9. The van der Waals surface area contributed by atoms with Crippen LogP contribution in [0, 0.1) is 5.92 Å². The molecule has 0 spiro atoms. The summed E-state index contributed by atoms with van der Waals surface area (Å²) < 4.78 is 10.7. The second-order valence-corrected chi connectivity index (χ2v) is 8.20. The number of amides is 2. The molecule has 2 heterocycles. The third-order valence-corrected chi connectivity index (χ3v) is 6.18. The van der Waals surface area contributed by atoms with Crippen LogP contribution < -0.4 is 14.8 Å². The molecule has 30 heavy (non-hydrogen) atoms. The van der Waals surface area contributed by atoms with E-state index in [0.29, 0.717) is 23.1 Å². The van der Waals surface area contributed by atoms with Crippen molar-refractivity contribution in [3.63, 3.8) is 0 Å². The molecule has 160 valence electrons. The van der Waals surface area contributed by atoms with Gasteiger partial charge in [-0.15, -0.1) is 0 Å². The first-order chi connectivity index (χ1) is 14.7. The summed E-state index contributed by atoms with van der Waals surface area (Å²) in [6.07, 6.45) is 3.32. The molecule has 2 aromatic carbocycles. The number of nitrogens with one attached hydrogen (secondary N) is 1. The predicted octanol–water partition coefficient (Wildman–Crippen LogP) is 4.01. The van der Waals surface area contributed by atoms with E-state index in [1.807, 2.05) is 17.0 Å². The van der Waals surface area contributed by atoms with E-state index in [2.05, 4.69) is 34.5 Å². The van der Waals surface area contributed by atoms with Crippen molar-refractivity contribution < 1.29 is 14.3 Å². The Kier molecular flexibility index (Phi) is 6.43. The molecule has 1 fully saturated rings. The lowest BCUT2D eigenvalue weighted by Gasteiger charge is -2.37. The van der Waals surface area contributed by atoms with Crippen LogP contribution in [0.5, 0.6) is 11.5 Å². The molecular formula is C24H31N3O3. The minimum absolute atomic E-state index is 0.0738. The Labute approximate surface area is 178 Å². The molecule has 0 aromatic heterocycles. The number of ether oxygens (including phenoxy) is 2. The molecule has 2 aliphatic heterocycles. The highest BCUT2D eigenvalue weighted by molar-refractivity contribution is 5.91. The fourth-order valence-corrected chi connectivity index (χ4v) is 4.58. The molecule has 6 heteroatoms. The Bertz CT molecular complexity index is 886. The van der Waals surface area contributed by atoms with E-state index < -0.39 is 0 Å². The molecular weight excluding hydrogens is 378 g/mol. The van der Waals surface area contributed by atoms with Gasteiger partial charge in [-0.25, -0.2) is 4.79 Å². The monoisotopic (exact) mass is 409 g/mol. The lowest BCUT2D eigenvalue weighted by atomic mass is 9.95. The summed E-state index contributed by atoms with van der Waals surface area (Å²) >= 11 is 0. The van der Waals surface area contributed by atoms with Crippen LogP contribution in [0.3, 0.4) is 0 Å². The zero-order chi connectivity index (χ0) is 20.9. The smallest absolute Gasteiger partial charge is 0.321 e. The minimum Gasteiger partial charge on any atom is -0.497 e. The first-order valence-corrected chi connectivity index (χ1v) is 10.7. The number of urea groups is 1. The number of likely N-dealkylation sites (tertiary alicyclic amines) is 1. The van der Waals surface area contributed by atoms with E-state index in [0.717, 1.165) is 45.6 Å². The SMILES string of the molecule is COc1ccc(OC)c(NC(=O)N2CCC[C@H](CN3CCc4ccccc4C3)C2)c1. The highest BCUT2D eigenvalue weighted by Crippen LogP contribution is 2.30. The van der Waals surface area contributed by atoms with Crippen LogP contribution in [0.1, 0.15) is 24.0 Å². The number of hydrogen-bond donors (Lipinski definition) is 1. The maximum absolute atomic E-state index is 12.9. The summed E-state index contributed by atoms with van der Waals surface area (Å²) in [5, 5.41) is 3.01. The highest BCUT2D eigenvalue weighted by atomic mass is 16.5. The van der Waals surface area contributed by atoms with Crippen molar-refractivity contribution in [2.24, 2.45) is 5.92 Å². The van der Waals surface area contributed by atoms with Gasteiger partial charge in [-0.3, -0.25) is 4.90 Å². The van der Waals surface area contributed by atoms with Gasteiger partial charge in [0.2, 0.25) is 0 Å². The van der Waals surface area contributed by atoms with Crippen molar-refractivity contribution in [3.05, 3.63) is 53.6 Å². The quantitative estimate of drug-likeness (QED) is 0.811. The van der Waals surface area contributed by atoms with Gasteiger partial charge < -0.3 is 19.7 Å². The molecule has 0 saturated carbocycles. The summed E-state index contributed by atoms with van der Waals surface area (Å²) in [6, 6.07) is 14.1. The van der Waals surface area contributed by atoms with Crippen molar-refractivity contribution in [2.45, 2.75) is 25.8 Å². The van der Waals surface area contributed by atoms with Crippen LogP contribution >= 0.6 is 0 Å². The second-order valence-electron chi connectivity index (χ2n) is 8.20. The third kappa shape index (κ3) is 4.70. The summed E-state index contributed by atoms with van der Waals surface area (Å²) in [5.74, 6) is 1.82. The minimum atomic E-state index is -0.0738. The first-order valence-electron chi connectivity index (χ1n) is 10.7. The fraction of sp³-hybridized carbons (Fsp3) is 0.458. The molecule has 0 bridgehead atoms.